The Balaban J connectivity index is 2.31. The summed E-state index contributed by atoms with van der Waals surface area (Å²) < 4.78 is 0. The van der Waals surface area contributed by atoms with Crippen LogP contribution in [-0.4, -0.2) is 30.5 Å². The number of nitrogens with one attached hydrogen (secondary N) is 1. The highest BCUT2D eigenvalue weighted by atomic mass is 16.2. The van der Waals surface area contributed by atoms with Crippen LogP contribution in [0.4, 0.5) is 11.5 Å². The number of hydrogen-bond donors (Lipinski definition) is 2. The molecule has 1 aliphatic rings. The summed E-state index contributed by atoms with van der Waals surface area (Å²) in [5, 5.41) is 3.03. The van der Waals surface area contributed by atoms with Gasteiger partial charge < -0.3 is 16.0 Å². The second-order valence-corrected chi connectivity index (χ2v) is 3.62. The number of amides is 1. The number of anilines is 2. The molecule has 1 saturated heterocycles. The lowest BCUT2D eigenvalue weighted by Gasteiger charge is -2.28. The second-order valence-electron chi connectivity index (χ2n) is 3.62. The number of pyridine rings is 1. The molecule has 2 rings (SSSR count). The van der Waals surface area contributed by atoms with Crippen LogP contribution in [0.1, 0.15) is 5.56 Å². The number of hydrogen-bond acceptors (Lipinski definition) is 4. The molecular weight excluding hydrogens is 192 g/mol. The minimum Gasteiger partial charge on any atom is -0.384 e. The maximum atomic E-state index is 11.6. The van der Waals surface area contributed by atoms with E-state index in [0.29, 0.717) is 18.9 Å². The Kier molecular flexibility index (Phi) is 2.55. The average Bonchev–Trinajstić information content (AvgIpc) is 2.20. The van der Waals surface area contributed by atoms with Gasteiger partial charge in [0.15, 0.2) is 0 Å². The molecule has 0 spiro atoms. The van der Waals surface area contributed by atoms with Crippen LogP contribution < -0.4 is 16.0 Å². The molecule has 0 saturated carbocycles. The molecule has 0 aliphatic carbocycles. The van der Waals surface area contributed by atoms with Crippen molar-refractivity contribution < 1.29 is 4.79 Å². The SMILES string of the molecule is Cc1cc(N)ncc1N1CCNCC1=O. The molecule has 1 amide bonds. The van der Waals surface area contributed by atoms with E-state index in [0.717, 1.165) is 17.8 Å². The molecular formula is C10H14N4O. The summed E-state index contributed by atoms with van der Waals surface area (Å²) >= 11 is 0. The van der Waals surface area contributed by atoms with Crippen molar-refractivity contribution in [2.24, 2.45) is 0 Å². The number of piperazine rings is 1. The van der Waals surface area contributed by atoms with Crippen LogP contribution in [-0.2, 0) is 4.79 Å². The van der Waals surface area contributed by atoms with E-state index in [9.17, 15) is 4.79 Å². The Hall–Kier alpha value is -1.62. The normalized spacial score (nSPS) is 16.9. The van der Waals surface area contributed by atoms with Gasteiger partial charge in [0, 0.05) is 13.1 Å². The molecule has 2 heterocycles. The predicted molar refractivity (Wildman–Crippen MR) is 58.6 cm³/mol. The monoisotopic (exact) mass is 206 g/mol. The predicted octanol–water partition coefficient (Wildman–Crippen LogP) is -0.0916. The van der Waals surface area contributed by atoms with Gasteiger partial charge in [-0.05, 0) is 18.6 Å². The summed E-state index contributed by atoms with van der Waals surface area (Å²) in [7, 11) is 0. The van der Waals surface area contributed by atoms with Crippen molar-refractivity contribution in [3.8, 4) is 0 Å². The molecule has 5 heteroatoms. The van der Waals surface area contributed by atoms with Crippen molar-refractivity contribution in [2.45, 2.75) is 6.92 Å². The van der Waals surface area contributed by atoms with Gasteiger partial charge in [0.1, 0.15) is 5.82 Å². The van der Waals surface area contributed by atoms with E-state index in [1.54, 1.807) is 17.2 Å². The molecule has 0 unspecified atom stereocenters. The van der Waals surface area contributed by atoms with E-state index in [4.69, 9.17) is 5.73 Å². The summed E-state index contributed by atoms with van der Waals surface area (Å²) in [6.07, 6.45) is 1.66. The lowest BCUT2D eigenvalue weighted by molar-refractivity contribution is -0.118. The zero-order valence-electron chi connectivity index (χ0n) is 8.66. The van der Waals surface area contributed by atoms with E-state index < -0.39 is 0 Å². The maximum absolute atomic E-state index is 11.6. The van der Waals surface area contributed by atoms with Gasteiger partial charge in [-0.3, -0.25) is 4.79 Å². The van der Waals surface area contributed by atoms with Gasteiger partial charge in [-0.15, -0.1) is 0 Å². The Labute approximate surface area is 88.3 Å². The van der Waals surface area contributed by atoms with Crippen LogP contribution in [0.2, 0.25) is 0 Å². The third-order valence-corrected chi connectivity index (χ3v) is 2.48. The molecule has 1 fully saturated rings. The van der Waals surface area contributed by atoms with E-state index in [1.165, 1.54) is 0 Å². The van der Waals surface area contributed by atoms with Crippen LogP contribution in [0, 0.1) is 6.92 Å². The lowest BCUT2D eigenvalue weighted by atomic mass is 10.2. The van der Waals surface area contributed by atoms with E-state index in [1.807, 2.05) is 6.92 Å². The molecule has 5 nitrogen and oxygen atoms in total. The van der Waals surface area contributed by atoms with Crippen molar-refractivity contribution in [3.63, 3.8) is 0 Å². The fraction of sp³-hybridized carbons (Fsp3) is 0.400. The van der Waals surface area contributed by atoms with Crippen LogP contribution in [0.5, 0.6) is 0 Å². The van der Waals surface area contributed by atoms with Crippen molar-refractivity contribution in [1.29, 1.82) is 0 Å². The van der Waals surface area contributed by atoms with Crippen molar-refractivity contribution in [2.75, 3.05) is 30.3 Å². The van der Waals surface area contributed by atoms with Gasteiger partial charge in [-0.1, -0.05) is 0 Å². The molecule has 1 aliphatic heterocycles. The first-order chi connectivity index (χ1) is 7.18. The highest BCUT2D eigenvalue weighted by Crippen LogP contribution is 2.20. The molecule has 0 radical (unpaired) electrons. The van der Waals surface area contributed by atoms with Crippen molar-refractivity contribution >= 4 is 17.4 Å². The molecule has 80 valence electrons. The Morgan fingerprint density at radius 2 is 2.40 bits per heavy atom. The first-order valence-corrected chi connectivity index (χ1v) is 4.91. The fourth-order valence-electron chi connectivity index (χ4n) is 1.71. The highest BCUT2D eigenvalue weighted by molar-refractivity contribution is 5.96. The second kappa shape index (κ2) is 3.86. The van der Waals surface area contributed by atoms with E-state index >= 15 is 0 Å². The number of nitrogen functional groups attached to an aromatic ring is 1. The van der Waals surface area contributed by atoms with Gasteiger partial charge in [-0.2, -0.15) is 0 Å². The number of nitrogens with zero attached hydrogens (tertiary/aromatic N) is 2. The largest absolute Gasteiger partial charge is 0.384 e. The summed E-state index contributed by atoms with van der Waals surface area (Å²) in [6.45, 7) is 3.83. The van der Waals surface area contributed by atoms with E-state index in [2.05, 4.69) is 10.3 Å². The molecule has 0 aromatic carbocycles. The number of carbonyl (C=O) groups is 1. The van der Waals surface area contributed by atoms with Crippen molar-refractivity contribution in [3.05, 3.63) is 17.8 Å². The molecule has 3 N–H and O–H groups in total. The molecule has 0 atom stereocenters. The average molecular weight is 206 g/mol. The van der Waals surface area contributed by atoms with E-state index in [-0.39, 0.29) is 5.91 Å². The van der Waals surface area contributed by atoms with Gasteiger partial charge in [0.25, 0.3) is 0 Å². The fourth-order valence-corrected chi connectivity index (χ4v) is 1.71. The molecule has 1 aromatic heterocycles. The number of nitrogens with two attached hydrogens (primary N) is 1. The zero-order valence-corrected chi connectivity index (χ0v) is 8.66. The molecule has 1 aromatic rings. The van der Waals surface area contributed by atoms with Crippen LogP contribution >= 0.6 is 0 Å². The van der Waals surface area contributed by atoms with Crippen LogP contribution in [0.25, 0.3) is 0 Å². The first-order valence-electron chi connectivity index (χ1n) is 4.91. The minimum absolute atomic E-state index is 0.0796. The third kappa shape index (κ3) is 1.92. The number of rotatable bonds is 1. The maximum Gasteiger partial charge on any atom is 0.241 e. The lowest BCUT2D eigenvalue weighted by Crippen LogP contribution is -2.48. The van der Waals surface area contributed by atoms with Gasteiger partial charge in [-0.25, -0.2) is 4.98 Å². The first kappa shape index (κ1) is 9.92. The van der Waals surface area contributed by atoms with Gasteiger partial charge >= 0.3 is 0 Å². The number of aryl methyl sites for hydroxylation is 1. The van der Waals surface area contributed by atoms with Crippen LogP contribution in [0.15, 0.2) is 12.3 Å². The molecule has 15 heavy (non-hydrogen) atoms. The van der Waals surface area contributed by atoms with Gasteiger partial charge in [0.2, 0.25) is 5.91 Å². The van der Waals surface area contributed by atoms with Crippen LogP contribution in [0.3, 0.4) is 0 Å². The molecule has 0 bridgehead atoms. The topological polar surface area (TPSA) is 71.2 Å². The minimum atomic E-state index is 0.0796. The smallest absolute Gasteiger partial charge is 0.241 e. The zero-order chi connectivity index (χ0) is 10.8. The quantitative estimate of drug-likeness (QED) is 0.673. The van der Waals surface area contributed by atoms with Crippen molar-refractivity contribution in [1.82, 2.24) is 10.3 Å². The standard InChI is InChI=1S/C10H14N4O/c1-7-4-9(11)13-5-8(7)14-3-2-12-6-10(14)15/h4-5,12H,2-3,6H2,1H3,(H2,11,13). The highest BCUT2D eigenvalue weighted by Gasteiger charge is 2.20. The summed E-state index contributed by atoms with van der Waals surface area (Å²) in [5.41, 5.74) is 7.41. The Morgan fingerprint density at radius 1 is 1.60 bits per heavy atom. The van der Waals surface area contributed by atoms with Gasteiger partial charge in [0.05, 0.1) is 18.4 Å². The number of aromatic nitrogens is 1. The third-order valence-electron chi connectivity index (χ3n) is 2.48. The number of carbonyl (C=O) groups excluding carboxylic acids is 1. The Morgan fingerprint density at radius 3 is 3.07 bits per heavy atom. The summed E-state index contributed by atoms with van der Waals surface area (Å²) in [5.74, 6) is 0.565. The Bertz CT molecular complexity index is 391. The summed E-state index contributed by atoms with van der Waals surface area (Å²) in [6, 6.07) is 1.78. The summed E-state index contributed by atoms with van der Waals surface area (Å²) in [4.78, 5) is 17.4.